The van der Waals surface area contributed by atoms with E-state index in [1.807, 2.05) is 71.1 Å². The second-order valence-corrected chi connectivity index (χ2v) is 9.25. The molecule has 0 radical (unpaired) electrons. The van der Waals surface area contributed by atoms with E-state index in [2.05, 4.69) is 10.2 Å². The molecule has 0 spiro atoms. The molecule has 0 saturated carbocycles. The molecule has 0 aliphatic rings. The lowest BCUT2D eigenvalue weighted by molar-refractivity contribution is 0.764. The van der Waals surface area contributed by atoms with Crippen molar-refractivity contribution < 1.29 is 0 Å². The van der Waals surface area contributed by atoms with Gasteiger partial charge in [-0.15, -0.1) is 21.5 Å². The van der Waals surface area contributed by atoms with Crippen molar-refractivity contribution >= 4 is 51.4 Å². The Morgan fingerprint density at radius 3 is 2.55 bits per heavy atom. The van der Waals surface area contributed by atoms with Crippen LogP contribution in [0.5, 0.6) is 0 Å². The van der Waals surface area contributed by atoms with Crippen LogP contribution in [0.1, 0.15) is 10.4 Å². The molecule has 0 fully saturated rings. The number of thioether (sulfide) groups is 1. The topological polar surface area (TPSA) is 52.2 Å². The summed E-state index contributed by atoms with van der Waals surface area (Å²) in [6.07, 6.45) is 0. The Hall–Kier alpha value is -2.61. The minimum Gasteiger partial charge on any atom is -0.272 e. The average Bonchev–Trinajstić information content (AvgIpc) is 3.36. The maximum atomic E-state index is 13.2. The molecule has 0 amide bonds. The van der Waals surface area contributed by atoms with Crippen molar-refractivity contribution in [1.82, 2.24) is 19.2 Å². The van der Waals surface area contributed by atoms with E-state index in [0.717, 1.165) is 26.3 Å². The van der Waals surface area contributed by atoms with Gasteiger partial charge in [0.05, 0.1) is 21.8 Å². The van der Waals surface area contributed by atoms with Crippen molar-refractivity contribution in [3.8, 4) is 0 Å². The second kappa shape index (κ2) is 7.67. The number of fused-ring (bicyclic) bond motifs is 3. The standard InChI is InChI=1S/C21H15ClN4OS2/c22-18-11-10-15(29-18)13-28-21-24-23-20-25(12-14-6-2-1-3-7-14)19(27)16-8-4-5-9-17(16)26(20)21/h1-11H,12-13H2. The fraction of sp³-hybridized carbons (Fsp3) is 0.0952. The van der Waals surface area contributed by atoms with Crippen LogP contribution < -0.4 is 5.56 Å². The van der Waals surface area contributed by atoms with Crippen molar-refractivity contribution in [2.75, 3.05) is 0 Å². The van der Waals surface area contributed by atoms with Crippen LogP contribution in [0.4, 0.5) is 0 Å². The second-order valence-electron chi connectivity index (χ2n) is 6.51. The highest BCUT2D eigenvalue weighted by Gasteiger charge is 2.17. The zero-order chi connectivity index (χ0) is 19.8. The van der Waals surface area contributed by atoms with E-state index in [1.165, 1.54) is 4.88 Å². The number of thiophene rings is 1. The van der Waals surface area contributed by atoms with Crippen LogP contribution in [0.3, 0.4) is 0 Å². The summed E-state index contributed by atoms with van der Waals surface area (Å²) in [6.45, 7) is 0.442. The van der Waals surface area contributed by atoms with Gasteiger partial charge in [-0.05, 0) is 29.8 Å². The van der Waals surface area contributed by atoms with Gasteiger partial charge in [0, 0.05) is 10.6 Å². The fourth-order valence-corrected chi connectivity index (χ4v) is 5.37. The monoisotopic (exact) mass is 438 g/mol. The molecular weight excluding hydrogens is 424 g/mol. The number of halogens is 1. The van der Waals surface area contributed by atoms with E-state index < -0.39 is 0 Å². The third-order valence-corrected chi connectivity index (χ3v) is 7.03. The summed E-state index contributed by atoms with van der Waals surface area (Å²) < 4.78 is 4.44. The highest BCUT2D eigenvalue weighted by Crippen LogP contribution is 2.29. The molecule has 0 saturated heterocycles. The Bertz CT molecular complexity index is 1370. The Morgan fingerprint density at radius 2 is 1.76 bits per heavy atom. The number of aromatic nitrogens is 4. The van der Waals surface area contributed by atoms with Gasteiger partial charge in [0.1, 0.15) is 0 Å². The minimum atomic E-state index is -0.0639. The molecule has 3 heterocycles. The first-order chi connectivity index (χ1) is 14.2. The summed E-state index contributed by atoms with van der Waals surface area (Å²) in [6, 6.07) is 21.4. The summed E-state index contributed by atoms with van der Waals surface area (Å²) in [5.74, 6) is 1.29. The molecule has 0 atom stereocenters. The van der Waals surface area contributed by atoms with E-state index in [9.17, 15) is 4.79 Å². The number of rotatable bonds is 5. The SMILES string of the molecule is O=c1c2ccccc2n2c(SCc3ccc(Cl)s3)nnc2n1Cc1ccccc1. The zero-order valence-electron chi connectivity index (χ0n) is 15.2. The molecule has 2 aromatic carbocycles. The van der Waals surface area contributed by atoms with Crippen molar-refractivity contribution in [2.45, 2.75) is 17.5 Å². The lowest BCUT2D eigenvalue weighted by atomic mass is 10.2. The number of benzene rings is 2. The Morgan fingerprint density at radius 1 is 0.966 bits per heavy atom. The summed E-state index contributed by atoms with van der Waals surface area (Å²) in [5, 5.41) is 10.2. The summed E-state index contributed by atoms with van der Waals surface area (Å²) in [4.78, 5) is 14.4. The zero-order valence-corrected chi connectivity index (χ0v) is 17.5. The lowest BCUT2D eigenvalue weighted by Crippen LogP contribution is -2.24. The average molecular weight is 439 g/mol. The third kappa shape index (κ3) is 3.46. The fourth-order valence-electron chi connectivity index (χ4n) is 3.30. The van der Waals surface area contributed by atoms with Gasteiger partial charge in [0.15, 0.2) is 5.16 Å². The van der Waals surface area contributed by atoms with E-state index in [1.54, 1.807) is 27.7 Å². The summed E-state index contributed by atoms with van der Waals surface area (Å²) in [5.41, 5.74) is 1.79. The van der Waals surface area contributed by atoms with Crippen LogP contribution in [0.2, 0.25) is 4.34 Å². The van der Waals surface area contributed by atoms with Gasteiger partial charge in [-0.3, -0.25) is 13.8 Å². The van der Waals surface area contributed by atoms with Gasteiger partial charge in [-0.2, -0.15) is 0 Å². The van der Waals surface area contributed by atoms with E-state index in [-0.39, 0.29) is 5.56 Å². The highest BCUT2D eigenvalue weighted by atomic mass is 35.5. The van der Waals surface area contributed by atoms with Crippen LogP contribution in [0, 0.1) is 0 Å². The lowest BCUT2D eigenvalue weighted by Gasteiger charge is -2.11. The van der Waals surface area contributed by atoms with Gasteiger partial charge in [-0.1, -0.05) is 65.8 Å². The van der Waals surface area contributed by atoms with Gasteiger partial charge in [-0.25, -0.2) is 0 Å². The Kier molecular flexibility index (Phi) is 4.87. The molecule has 5 rings (SSSR count). The summed E-state index contributed by atoms with van der Waals surface area (Å²) in [7, 11) is 0. The molecule has 3 aromatic heterocycles. The van der Waals surface area contributed by atoms with Crippen LogP contribution in [-0.4, -0.2) is 19.2 Å². The normalized spacial score (nSPS) is 11.5. The molecule has 0 aliphatic carbocycles. The number of nitrogens with zero attached hydrogens (tertiary/aromatic N) is 4. The quantitative estimate of drug-likeness (QED) is 0.358. The van der Waals surface area contributed by atoms with Crippen molar-refractivity contribution in [1.29, 1.82) is 0 Å². The van der Waals surface area contributed by atoms with Gasteiger partial charge in [0.2, 0.25) is 5.78 Å². The molecule has 5 aromatic rings. The predicted molar refractivity (Wildman–Crippen MR) is 119 cm³/mol. The van der Waals surface area contributed by atoms with Crippen LogP contribution >= 0.6 is 34.7 Å². The molecule has 8 heteroatoms. The van der Waals surface area contributed by atoms with Crippen LogP contribution in [0.15, 0.2) is 76.7 Å². The van der Waals surface area contributed by atoms with Gasteiger partial charge >= 0.3 is 0 Å². The smallest absolute Gasteiger partial charge is 0.263 e. The first kappa shape index (κ1) is 18.4. The molecule has 29 heavy (non-hydrogen) atoms. The molecule has 0 aliphatic heterocycles. The maximum absolute atomic E-state index is 13.2. The number of hydrogen-bond acceptors (Lipinski definition) is 5. The van der Waals surface area contributed by atoms with Crippen LogP contribution in [-0.2, 0) is 12.3 Å². The highest BCUT2D eigenvalue weighted by molar-refractivity contribution is 7.98. The Labute approximate surface area is 179 Å². The molecule has 144 valence electrons. The number of hydrogen-bond donors (Lipinski definition) is 0. The van der Waals surface area contributed by atoms with E-state index in [0.29, 0.717) is 17.7 Å². The number of para-hydroxylation sites is 1. The molecule has 5 nitrogen and oxygen atoms in total. The Balaban J connectivity index is 1.65. The van der Waals surface area contributed by atoms with Gasteiger partial charge in [0.25, 0.3) is 5.56 Å². The van der Waals surface area contributed by atoms with Crippen molar-refractivity contribution in [3.05, 3.63) is 91.9 Å². The van der Waals surface area contributed by atoms with Gasteiger partial charge < -0.3 is 0 Å². The van der Waals surface area contributed by atoms with Crippen molar-refractivity contribution in [3.63, 3.8) is 0 Å². The third-order valence-electron chi connectivity index (χ3n) is 4.63. The minimum absolute atomic E-state index is 0.0639. The van der Waals surface area contributed by atoms with Crippen LogP contribution in [0.25, 0.3) is 16.7 Å². The summed E-state index contributed by atoms with van der Waals surface area (Å²) >= 11 is 9.19. The van der Waals surface area contributed by atoms with E-state index in [4.69, 9.17) is 11.6 Å². The maximum Gasteiger partial charge on any atom is 0.263 e. The molecule has 0 unspecified atom stereocenters. The van der Waals surface area contributed by atoms with Crippen molar-refractivity contribution in [2.24, 2.45) is 0 Å². The van der Waals surface area contributed by atoms with E-state index >= 15 is 0 Å². The first-order valence-corrected chi connectivity index (χ1v) is 11.2. The molecule has 0 N–H and O–H groups in total. The molecular formula is C21H15ClN4OS2. The predicted octanol–water partition coefficient (Wildman–Crippen LogP) is 5.10. The molecule has 0 bridgehead atoms. The largest absolute Gasteiger partial charge is 0.272 e. The first-order valence-electron chi connectivity index (χ1n) is 8.98.